The van der Waals surface area contributed by atoms with Crippen molar-refractivity contribution in [3.05, 3.63) is 53.6 Å². The van der Waals surface area contributed by atoms with Crippen LogP contribution in [0.25, 0.3) is 0 Å². The van der Waals surface area contributed by atoms with Crippen molar-refractivity contribution in [3.8, 4) is 0 Å². The van der Waals surface area contributed by atoms with Gasteiger partial charge >= 0.3 is 5.97 Å². The molecule has 2 aromatic rings. The minimum atomic E-state index is -0.593. The number of Topliss-reactive ketones (excluding diaryl/α,β-unsaturated/α-hetero) is 1. The van der Waals surface area contributed by atoms with Gasteiger partial charge in [0.15, 0.2) is 12.4 Å². The molecule has 174 valence electrons. The van der Waals surface area contributed by atoms with Crippen molar-refractivity contribution in [2.24, 2.45) is 5.41 Å². The van der Waals surface area contributed by atoms with Crippen LogP contribution in [-0.2, 0) is 25.5 Å². The highest BCUT2D eigenvalue weighted by atomic mass is 32.2. The number of hydrogen-bond donors (Lipinski definition) is 1. The zero-order valence-electron chi connectivity index (χ0n) is 19.3. The van der Waals surface area contributed by atoms with Crippen LogP contribution in [0.1, 0.15) is 43.6 Å². The summed E-state index contributed by atoms with van der Waals surface area (Å²) in [6.45, 7) is 7.20. The van der Waals surface area contributed by atoms with Gasteiger partial charge in [0.2, 0.25) is 11.8 Å². The van der Waals surface area contributed by atoms with E-state index in [0.717, 1.165) is 17.7 Å². The van der Waals surface area contributed by atoms with Crippen LogP contribution in [0.4, 0.5) is 11.4 Å². The van der Waals surface area contributed by atoms with Crippen LogP contribution in [-0.4, -0.2) is 42.5 Å². The second kappa shape index (κ2) is 10.2. The molecule has 2 aromatic carbocycles. The van der Waals surface area contributed by atoms with Crippen LogP contribution in [0.15, 0.2) is 47.4 Å². The number of carbonyl (C=O) groups is 4. The van der Waals surface area contributed by atoms with E-state index in [1.807, 2.05) is 12.1 Å². The van der Waals surface area contributed by atoms with Crippen molar-refractivity contribution in [2.45, 2.75) is 39.0 Å². The fourth-order valence-electron chi connectivity index (χ4n) is 3.33. The Hall–Kier alpha value is -3.13. The average molecular weight is 469 g/mol. The van der Waals surface area contributed by atoms with Gasteiger partial charge < -0.3 is 15.0 Å². The highest BCUT2D eigenvalue weighted by Gasteiger charge is 2.24. The SMILES string of the molecule is CC(=O)N1CCc2cc(NC(=O)CSc3ccccc3C(=O)OCC(=O)C(C)(C)C)ccc21. The standard InChI is InChI=1S/C25H28N2O5S/c1-16(28)27-12-11-17-13-18(9-10-20(17)27)26-23(30)15-33-21-8-6-5-7-19(21)24(31)32-14-22(29)25(2,3)4/h5-10,13H,11-12,14-15H2,1-4H3,(H,26,30). The molecule has 1 aliphatic heterocycles. The largest absolute Gasteiger partial charge is 0.454 e. The minimum Gasteiger partial charge on any atom is -0.454 e. The molecule has 0 atom stereocenters. The first kappa shape index (κ1) is 24.5. The Bertz CT molecular complexity index is 1090. The molecule has 0 unspecified atom stereocenters. The molecular formula is C25H28N2O5S. The maximum absolute atomic E-state index is 12.5. The normalized spacial score (nSPS) is 12.8. The third-order valence-electron chi connectivity index (χ3n) is 5.28. The van der Waals surface area contributed by atoms with Gasteiger partial charge in [-0.25, -0.2) is 4.79 Å². The van der Waals surface area contributed by atoms with Crippen LogP contribution in [0, 0.1) is 5.41 Å². The van der Waals surface area contributed by atoms with E-state index in [2.05, 4.69) is 5.32 Å². The van der Waals surface area contributed by atoms with Gasteiger partial charge in [0, 0.05) is 35.2 Å². The third-order valence-corrected chi connectivity index (χ3v) is 6.35. The molecule has 1 heterocycles. The molecule has 3 rings (SSSR count). The fourth-order valence-corrected chi connectivity index (χ4v) is 4.17. The molecular weight excluding hydrogens is 440 g/mol. The summed E-state index contributed by atoms with van der Waals surface area (Å²) < 4.78 is 5.20. The lowest BCUT2D eigenvalue weighted by Gasteiger charge is -2.16. The summed E-state index contributed by atoms with van der Waals surface area (Å²) in [4.78, 5) is 51.1. The van der Waals surface area contributed by atoms with E-state index < -0.39 is 11.4 Å². The van der Waals surface area contributed by atoms with E-state index >= 15 is 0 Å². The number of benzene rings is 2. The van der Waals surface area contributed by atoms with Crippen molar-refractivity contribution < 1.29 is 23.9 Å². The second-order valence-corrected chi connectivity index (χ2v) is 9.86. The van der Waals surface area contributed by atoms with E-state index in [0.29, 0.717) is 22.7 Å². The van der Waals surface area contributed by atoms with Gasteiger partial charge in [-0.05, 0) is 42.3 Å². The maximum Gasteiger partial charge on any atom is 0.339 e. The molecule has 0 fully saturated rings. The predicted octanol–water partition coefficient (Wildman–Crippen LogP) is 4.10. The Labute approximate surface area is 197 Å². The van der Waals surface area contributed by atoms with Gasteiger partial charge in [-0.15, -0.1) is 11.8 Å². The number of fused-ring (bicyclic) bond motifs is 1. The number of amides is 2. The molecule has 0 aromatic heterocycles. The molecule has 2 amide bonds. The van der Waals surface area contributed by atoms with E-state index in [9.17, 15) is 19.2 Å². The summed E-state index contributed by atoms with van der Waals surface area (Å²) in [5, 5.41) is 2.87. The fraction of sp³-hybridized carbons (Fsp3) is 0.360. The Morgan fingerprint density at radius 3 is 2.52 bits per heavy atom. The summed E-state index contributed by atoms with van der Waals surface area (Å²) in [6, 6.07) is 12.4. The lowest BCUT2D eigenvalue weighted by atomic mass is 9.91. The first-order chi connectivity index (χ1) is 15.6. The van der Waals surface area contributed by atoms with E-state index in [4.69, 9.17) is 4.74 Å². The monoisotopic (exact) mass is 468 g/mol. The molecule has 0 saturated heterocycles. The van der Waals surface area contributed by atoms with Crippen molar-refractivity contribution in [3.63, 3.8) is 0 Å². The number of nitrogens with zero attached hydrogens (tertiary/aromatic N) is 1. The Balaban J connectivity index is 1.58. The van der Waals surface area contributed by atoms with Crippen molar-refractivity contribution >= 4 is 46.7 Å². The van der Waals surface area contributed by atoms with Crippen molar-refractivity contribution in [1.29, 1.82) is 0 Å². The highest BCUT2D eigenvalue weighted by Crippen LogP contribution is 2.31. The van der Waals surface area contributed by atoms with Crippen LogP contribution < -0.4 is 10.2 Å². The van der Waals surface area contributed by atoms with Crippen LogP contribution in [0.2, 0.25) is 0 Å². The van der Waals surface area contributed by atoms with Crippen LogP contribution in [0.3, 0.4) is 0 Å². The van der Waals surface area contributed by atoms with Gasteiger partial charge in [-0.3, -0.25) is 14.4 Å². The lowest BCUT2D eigenvalue weighted by molar-refractivity contribution is -0.129. The summed E-state index contributed by atoms with van der Waals surface area (Å²) in [5.74, 6) is -0.873. The van der Waals surface area contributed by atoms with E-state index in [1.54, 1.807) is 56.0 Å². The molecule has 0 bridgehead atoms. The number of anilines is 2. The van der Waals surface area contributed by atoms with Gasteiger partial charge in [-0.2, -0.15) is 0 Å². The zero-order valence-corrected chi connectivity index (χ0v) is 20.1. The number of ketones is 1. The Morgan fingerprint density at radius 2 is 1.82 bits per heavy atom. The molecule has 1 aliphatic rings. The van der Waals surface area contributed by atoms with E-state index in [1.165, 1.54) is 18.7 Å². The zero-order chi connectivity index (χ0) is 24.2. The highest BCUT2D eigenvalue weighted by molar-refractivity contribution is 8.00. The quantitative estimate of drug-likeness (QED) is 0.486. The van der Waals surface area contributed by atoms with Gasteiger partial charge in [0.1, 0.15) is 0 Å². The lowest BCUT2D eigenvalue weighted by Crippen LogP contribution is -2.26. The average Bonchev–Trinajstić information content (AvgIpc) is 3.19. The van der Waals surface area contributed by atoms with Crippen molar-refractivity contribution in [2.75, 3.05) is 29.1 Å². The number of hydrogen-bond acceptors (Lipinski definition) is 6. The van der Waals surface area contributed by atoms with E-state index in [-0.39, 0.29) is 30.0 Å². The number of carbonyl (C=O) groups excluding carboxylic acids is 4. The summed E-state index contributed by atoms with van der Waals surface area (Å²) >= 11 is 1.22. The molecule has 1 N–H and O–H groups in total. The Kier molecular flexibility index (Phi) is 7.58. The second-order valence-electron chi connectivity index (χ2n) is 8.85. The van der Waals surface area contributed by atoms with Gasteiger partial charge in [-0.1, -0.05) is 32.9 Å². The first-order valence-electron chi connectivity index (χ1n) is 10.7. The Morgan fingerprint density at radius 1 is 1.09 bits per heavy atom. The number of nitrogens with one attached hydrogen (secondary N) is 1. The minimum absolute atomic E-state index is 0.00176. The first-order valence-corrected chi connectivity index (χ1v) is 11.7. The third kappa shape index (κ3) is 6.22. The number of rotatable bonds is 7. The summed E-state index contributed by atoms with van der Waals surface area (Å²) in [5.41, 5.74) is 2.30. The van der Waals surface area contributed by atoms with Crippen LogP contribution in [0.5, 0.6) is 0 Å². The van der Waals surface area contributed by atoms with Gasteiger partial charge in [0.25, 0.3) is 0 Å². The summed E-state index contributed by atoms with van der Waals surface area (Å²) in [6.07, 6.45) is 0.751. The number of esters is 1. The predicted molar refractivity (Wildman–Crippen MR) is 129 cm³/mol. The molecule has 0 aliphatic carbocycles. The number of ether oxygens (including phenoxy) is 1. The molecule has 0 saturated carbocycles. The maximum atomic E-state index is 12.5. The summed E-state index contributed by atoms with van der Waals surface area (Å²) in [7, 11) is 0. The molecule has 0 radical (unpaired) electrons. The molecule has 0 spiro atoms. The molecule has 33 heavy (non-hydrogen) atoms. The molecule has 7 nitrogen and oxygen atoms in total. The topological polar surface area (TPSA) is 92.8 Å². The van der Waals surface area contributed by atoms with Gasteiger partial charge in [0.05, 0.1) is 11.3 Å². The van der Waals surface area contributed by atoms with Crippen LogP contribution >= 0.6 is 11.8 Å². The smallest absolute Gasteiger partial charge is 0.339 e. The molecule has 8 heteroatoms. The van der Waals surface area contributed by atoms with Crippen molar-refractivity contribution in [1.82, 2.24) is 0 Å². The number of thioether (sulfide) groups is 1.